The molecule has 0 atom stereocenters. The van der Waals surface area contributed by atoms with Crippen LogP contribution in [0.3, 0.4) is 0 Å². The Kier molecular flexibility index (Phi) is 18.3. The molecule has 0 aliphatic rings. The van der Waals surface area contributed by atoms with Gasteiger partial charge in [0.15, 0.2) is 0 Å². The number of carbonyl (C=O) groups excluding carboxylic acids is 1. The van der Waals surface area contributed by atoms with E-state index in [9.17, 15) is 4.79 Å². The second kappa shape index (κ2) is 16.7. The highest BCUT2D eigenvalue weighted by molar-refractivity contribution is 5.48. The predicted molar refractivity (Wildman–Crippen MR) is 91.1 cm³/mol. The first-order valence-electron chi connectivity index (χ1n) is 8.72. The molecule has 0 aromatic carbocycles. The fraction of sp³-hybridized carbons (Fsp3) is 0.944. The highest BCUT2D eigenvalue weighted by Gasteiger charge is 2.04. The Hall–Kier alpha value is -0.370. The monoisotopic (exact) mass is 286 g/mol. The van der Waals surface area contributed by atoms with E-state index in [-0.39, 0.29) is 0 Å². The van der Waals surface area contributed by atoms with Crippen LogP contribution < -0.4 is 0 Å². The van der Waals surface area contributed by atoms with Gasteiger partial charge in [0.05, 0.1) is 27.7 Å². The van der Waals surface area contributed by atoms with Crippen molar-refractivity contribution in [2.24, 2.45) is 0 Å². The second-order valence-electron chi connectivity index (χ2n) is 6.77. The first kappa shape index (κ1) is 21.9. The van der Waals surface area contributed by atoms with Crippen molar-refractivity contribution in [2.45, 2.75) is 84.5 Å². The van der Waals surface area contributed by atoms with Crippen molar-refractivity contribution in [3.63, 3.8) is 0 Å². The van der Waals surface area contributed by atoms with E-state index in [1.54, 1.807) is 0 Å². The molecule has 0 rings (SSSR count). The molecule has 0 aliphatic heterocycles. The number of hydrogen-bond donors (Lipinski definition) is 0. The van der Waals surface area contributed by atoms with E-state index in [4.69, 9.17) is 0 Å². The number of hydrogen-bond acceptors (Lipinski definition) is 1. The van der Waals surface area contributed by atoms with Gasteiger partial charge in [0.25, 0.3) is 0 Å². The summed E-state index contributed by atoms with van der Waals surface area (Å²) in [7, 11) is 6.86. The van der Waals surface area contributed by atoms with Crippen LogP contribution in [0.4, 0.5) is 0 Å². The number of carbonyl (C=O) groups is 1. The Morgan fingerprint density at radius 3 is 1.35 bits per heavy atom. The zero-order chi connectivity index (χ0) is 15.7. The molecular formula is C18H40NO+. The maximum absolute atomic E-state index is 9.17. The molecule has 122 valence electrons. The zero-order valence-corrected chi connectivity index (χ0v) is 14.9. The van der Waals surface area contributed by atoms with Crippen molar-refractivity contribution in [1.82, 2.24) is 0 Å². The van der Waals surface area contributed by atoms with Crippen LogP contribution in [-0.4, -0.2) is 38.5 Å². The van der Waals surface area contributed by atoms with E-state index in [2.05, 4.69) is 28.1 Å². The average molecular weight is 287 g/mol. The summed E-state index contributed by atoms with van der Waals surface area (Å²) in [6, 6.07) is 0. The van der Waals surface area contributed by atoms with Crippen LogP contribution in [-0.2, 0) is 4.79 Å². The summed E-state index contributed by atoms with van der Waals surface area (Å²) in [6.07, 6.45) is 15.9. The third-order valence-electron chi connectivity index (χ3n) is 3.35. The fourth-order valence-electron chi connectivity index (χ4n) is 2.07. The van der Waals surface area contributed by atoms with E-state index in [0.29, 0.717) is 6.42 Å². The zero-order valence-electron chi connectivity index (χ0n) is 14.9. The molecule has 0 aromatic heterocycles. The highest BCUT2D eigenvalue weighted by atomic mass is 16.1. The minimum atomic E-state index is 0.639. The van der Waals surface area contributed by atoms with E-state index >= 15 is 0 Å². The van der Waals surface area contributed by atoms with Gasteiger partial charge in [0.2, 0.25) is 0 Å². The van der Waals surface area contributed by atoms with Crippen LogP contribution in [0.2, 0.25) is 0 Å². The second-order valence-corrected chi connectivity index (χ2v) is 6.77. The number of rotatable bonds is 12. The van der Waals surface area contributed by atoms with Gasteiger partial charge < -0.3 is 9.28 Å². The molecule has 0 N–H and O–H groups in total. The largest absolute Gasteiger partial charge is 0.331 e. The molecule has 20 heavy (non-hydrogen) atoms. The molecule has 0 saturated heterocycles. The maximum atomic E-state index is 9.17. The van der Waals surface area contributed by atoms with Gasteiger partial charge in [-0.05, 0) is 12.8 Å². The molecular weight excluding hydrogens is 246 g/mol. The first-order valence-corrected chi connectivity index (χ1v) is 8.72. The van der Waals surface area contributed by atoms with E-state index in [1.165, 1.54) is 70.8 Å². The molecule has 0 radical (unpaired) electrons. The SMILES string of the molecule is CCC=O.CCCCCCCCCCCC[N+](C)(C)C. The Morgan fingerprint density at radius 1 is 0.700 bits per heavy atom. The molecule has 2 nitrogen and oxygen atoms in total. The molecule has 0 spiro atoms. The van der Waals surface area contributed by atoms with Crippen molar-refractivity contribution in [3.05, 3.63) is 0 Å². The van der Waals surface area contributed by atoms with Crippen LogP contribution >= 0.6 is 0 Å². The van der Waals surface area contributed by atoms with E-state index in [0.717, 1.165) is 10.8 Å². The summed E-state index contributed by atoms with van der Waals surface area (Å²) in [5, 5.41) is 0. The van der Waals surface area contributed by atoms with Crippen molar-refractivity contribution in [2.75, 3.05) is 27.7 Å². The lowest BCUT2D eigenvalue weighted by Gasteiger charge is -2.23. The summed E-state index contributed by atoms with van der Waals surface area (Å²) in [5.41, 5.74) is 0. The van der Waals surface area contributed by atoms with Crippen LogP contribution in [0.15, 0.2) is 0 Å². The number of quaternary nitrogens is 1. The number of nitrogens with zero attached hydrogens (tertiary/aromatic N) is 1. The predicted octanol–water partition coefficient (Wildman–Crippen LogP) is 5.21. The summed E-state index contributed by atoms with van der Waals surface area (Å²) in [5.74, 6) is 0. The van der Waals surface area contributed by atoms with Gasteiger partial charge in [-0.2, -0.15) is 0 Å². The van der Waals surface area contributed by atoms with E-state index in [1.807, 2.05) is 6.92 Å². The molecule has 0 aliphatic carbocycles. The molecule has 0 amide bonds. The lowest BCUT2D eigenvalue weighted by molar-refractivity contribution is -0.870. The fourth-order valence-corrected chi connectivity index (χ4v) is 2.07. The van der Waals surface area contributed by atoms with Gasteiger partial charge in [-0.1, -0.05) is 65.2 Å². The lowest BCUT2D eigenvalue weighted by atomic mass is 10.1. The first-order chi connectivity index (χ1) is 9.47. The lowest BCUT2D eigenvalue weighted by Crippen LogP contribution is -2.35. The van der Waals surface area contributed by atoms with Crippen molar-refractivity contribution < 1.29 is 9.28 Å². The van der Waals surface area contributed by atoms with Crippen LogP contribution in [0.1, 0.15) is 84.5 Å². The van der Waals surface area contributed by atoms with Gasteiger partial charge in [0, 0.05) is 6.42 Å². The van der Waals surface area contributed by atoms with Gasteiger partial charge in [-0.15, -0.1) is 0 Å². The third-order valence-corrected chi connectivity index (χ3v) is 3.35. The summed E-state index contributed by atoms with van der Waals surface area (Å²) in [6.45, 7) is 5.43. The standard InChI is InChI=1S/C15H34N.C3H6O/c1-5-6-7-8-9-10-11-12-13-14-15-16(2,3)4;1-2-3-4/h5-15H2,1-4H3;3H,2H2,1H3/q+1;. The summed E-state index contributed by atoms with van der Waals surface area (Å²) < 4.78 is 1.12. The van der Waals surface area contributed by atoms with Crippen LogP contribution in [0.25, 0.3) is 0 Å². The molecule has 0 saturated carbocycles. The topological polar surface area (TPSA) is 17.1 Å². The average Bonchev–Trinajstić information content (AvgIpc) is 2.40. The normalized spacial score (nSPS) is 10.8. The number of aldehydes is 1. The third kappa shape index (κ3) is 26.2. The Morgan fingerprint density at radius 2 is 1.05 bits per heavy atom. The minimum absolute atomic E-state index is 0.639. The Bertz CT molecular complexity index is 184. The van der Waals surface area contributed by atoms with E-state index < -0.39 is 0 Å². The molecule has 0 heterocycles. The summed E-state index contributed by atoms with van der Waals surface area (Å²) in [4.78, 5) is 9.17. The molecule has 0 aromatic rings. The Labute approximate surface area is 128 Å². The Balaban J connectivity index is 0. The summed E-state index contributed by atoms with van der Waals surface area (Å²) >= 11 is 0. The molecule has 0 unspecified atom stereocenters. The van der Waals surface area contributed by atoms with Crippen molar-refractivity contribution in [3.8, 4) is 0 Å². The molecule has 0 fully saturated rings. The molecule has 0 bridgehead atoms. The number of unbranched alkanes of at least 4 members (excludes halogenated alkanes) is 9. The highest BCUT2D eigenvalue weighted by Crippen LogP contribution is 2.10. The van der Waals surface area contributed by atoms with Gasteiger partial charge in [0.1, 0.15) is 6.29 Å². The quantitative estimate of drug-likeness (QED) is 0.273. The van der Waals surface area contributed by atoms with Crippen molar-refractivity contribution in [1.29, 1.82) is 0 Å². The van der Waals surface area contributed by atoms with Gasteiger partial charge in [-0.25, -0.2) is 0 Å². The van der Waals surface area contributed by atoms with Crippen LogP contribution in [0.5, 0.6) is 0 Å². The maximum Gasteiger partial charge on any atom is 0.119 e. The van der Waals surface area contributed by atoms with Gasteiger partial charge >= 0.3 is 0 Å². The van der Waals surface area contributed by atoms with Crippen LogP contribution in [0, 0.1) is 0 Å². The molecule has 2 heteroatoms. The van der Waals surface area contributed by atoms with Gasteiger partial charge in [-0.3, -0.25) is 0 Å². The smallest absolute Gasteiger partial charge is 0.119 e. The van der Waals surface area contributed by atoms with Crippen molar-refractivity contribution >= 4 is 6.29 Å². The minimum Gasteiger partial charge on any atom is -0.331 e.